The molecule has 1 aromatic heterocycles. The Morgan fingerprint density at radius 3 is 2.55 bits per heavy atom. The van der Waals surface area contributed by atoms with Crippen molar-refractivity contribution in [2.45, 2.75) is 33.6 Å². The lowest BCUT2D eigenvalue weighted by atomic mass is 9.75. The molecule has 4 nitrogen and oxygen atoms in total. The summed E-state index contributed by atoms with van der Waals surface area (Å²) in [5.41, 5.74) is 1.79. The number of anilines is 1. The summed E-state index contributed by atoms with van der Waals surface area (Å²) in [4.78, 5) is 18.6. The Hall–Kier alpha value is -1.58. The first-order valence-corrected chi connectivity index (χ1v) is 7.35. The monoisotopic (exact) mass is 275 g/mol. The maximum absolute atomic E-state index is 12.5. The van der Waals surface area contributed by atoms with Gasteiger partial charge < -0.3 is 10.2 Å². The molecule has 0 saturated carbocycles. The fraction of sp³-hybridized carbons (Fsp3) is 0.625. The number of hydrogen-bond acceptors (Lipinski definition) is 3. The summed E-state index contributed by atoms with van der Waals surface area (Å²) in [7, 11) is 1.85. The highest BCUT2D eigenvalue weighted by molar-refractivity contribution is 5.93. The molecule has 0 aromatic carbocycles. The van der Waals surface area contributed by atoms with Crippen molar-refractivity contribution in [2.75, 3.05) is 25.5 Å². The molecule has 0 aliphatic carbocycles. The number of piperidine rings is 1. The second-order valence-electron chi connectivity index (χ2n) is 6.61. The maximum atomic E-state index is 12.5. The quantitative estimate of drug-likeness (QED) is 0.902. The summed E-state index contributed by atoms with van der Waals surface area (Å²) in [6, 6.07) is 3.68. The number of carbonyl (C=O) groups is 1. The number of amides is 1. The molecule has 0 spiro atoms. The van der Waals surface area contributed by atoms with E-state index in [1.807, 2.05) is 24.1 Å². The fourth-order valence-corrected chi connectivity index (χ4v) is 2.81. The summed E-state index contributed by atoms with van der Waals surface area (Å²) in [5.74, 6) is 0.748. The molecule has 0 atom stereocenters. The molecule has 1 aliphatic heterocycles. The SMILES string of the molecule is CNc1ccnc(C(=O)N2CCC(C(C)(C)C)CC2)c1. The topological polar surface area (TPSA) is 45.2 Å². The van der Waals surface area contributed by atoms with E-state index < -0.39 is 0 Å². The molecule has 0 unspecified atom stereocenters. The molecule has 1 aromatic rings. The number of carbonyl (C=O) groups excluding carboxylic acids is 1. The van der Waals surface area contributed by atoms with Crippen LogP contribution in [0.3, 0.4) is 0 Å². The second-order valence-corrected chi connectivity index (χ2v) is 6.61. The Morgan fingerprint density at radius 1 is 1.35 bits per heavy atom. The summed E-state index contributed by atoms with van der Waals surface area (Å²) in [5, 5.41) is 3.04. The molecule has 1 amide bonds. The van der Waals surface area contributed by atoms with Crippen LogP contribution in [0.15, 0.2) is 18.3 Å². The first-order chi connectivity index (χ1) is 9.41. The minimum atomic E-state index is 0.0504. The minimum absolute atomic E-state index is 0.0504. The van der Waals surface area contributed by atoms with Crippen LogP contribution in [-0.4, -0.2) is 35.9 Å². The van der Waals surface area contributed by atoms with E-state index in [1.54, 1.807) is 6.20 Å². The number of nitrogens with one attached hydrogen (secondary N) is 1. The lowest BCUT2D eigenvalue weighted by molar-refractivity contribution is 0.0603. The summed E-state index contributed by atoms with van der Waals surface area (Å²) < 4.78 is 0. The molecule has 1 saturated heterocycles. The van der Waals surface area contributed by atoms with Crippen molar-refractivity contribution in [3.63, 3.8) is 0 Å². The smallest absolute Gasteiger partial charge is 0.272 e. The highest BCUT2D eigenvalue weighted by atomic mass is 16.2. The van der Waals surface area contributed by atoms with E-state index in [-0.39, 0.29) is 5.91 Å². The van der Waals surface area contributed by atoms with E-state index >= 15 is 0 Å². The normalized spacial score (nSPS) is 17.1. The van der Waals surface area contributed by atoms with Gasteiger partial charge in [0.15, 0.2) is 0 Å². The zero-order valence-electron chi connectivity index (χ0n) is 12.9. The molecule has 0 radical (unpaired) electrons. The van der Waals surface area contributed by atoms with Crippen molar-refractivity contribution in [3.8, 4) is 0 Å². The minimum Gasteiger partial charge on any atom is -0.388 e. The molecular formula is C16H25N3O. The van der Waals surface area contributed by atoms with Crippen LogP contribution in [0.25, 0.3) is 0 Å². The van der Waals surface area contributed by atoms with E-state index in [0.717, 1.165) is 31.6 Å². The van der Waals surface area contributed by atoms with Crippen LogP contribution in [0.2, 0.25) is 0 Å². The van der Waals surface area contributed by atoms with Gasteiger partial charge >= 0.3 is 0 Å². The van der Waals surface area contributed by atoms with Gasteiger partial charge in [0.05, 0.1) is 0 Å². The highest BCUT2D eigenvalue weighted by Gasteiger charge is 2.30. The third kappa shape index (κ3) is 3.30. The third-order valence-corrected chi connectivity index (χ3v) is 4.27. The Morgan fingerprint density at radius 2 is 2.00 bits per heavy atom. The van der Waals surface area contributed by atoms with Gasteiger partial charge in [0.2, 0.25) is 0 Å². The van der Waals surface area contributed by atoms with Gasteiger partial charge in [-0.05, 0) is 36.3 Å². The predicted molar refractivity (Wildman–Crippen MR) is 81.9 cm³/mol. The molecule has 20 heavy (non-hydrogen) atoms. The van der Waals surface area contributed by atoms with Crippen molar-refractivity contribution >= 4 is 11.6 Å². The first-order valence-electron chi connectivity index (χ1n) is 7.35. The van der Waals surface area contributed by atoms with Crippen molar-refractivity contribution in [1.82, 2.24) is 9.88 Å². The van der Waals surface area contributed by atoms with Gasteiger partial charge in [0, 0.05) is 32.0 Å². The molecule has 110 valence electrons. The second kappa shape index (κ2) is 5.81. The summed E-state index contributed by atoms with van der Waals surface area (Å²) >= 11 is 0. The largest absolute Gasteiger partial charge is 0.388 e. The van der Waals surface area contributed by atoms with Crippen LogP contribution in [0.5, 0.6) is 0 Å². The van der Waals surface area contributed by atoms with E-state index in [1.165, 1.54) is 0 Å². The van der Waals surface area contributed by atoms with Crippen LogP contribution >= 0.6 is 0 Å². The molecule has 1 fully saturated rings. The Kier molecular flexibility index (Phi) is 4.31. The Balaban J connectivity index is 2.01. The maximum Gasteiger partial charge on any atom is 0.272 e. The Labute approximate surface area is 121 Å². The zero-order chi connectivity index (χ0) is 14.8. The highest BCUT2D eigenvalue weighted by Crippen LogP contribution is 2.34. The van der Waals surface area contributed by atoms with Crippen LogP contribution in [0.1, 0.15) is 44.1 Å². The van der Waals surface area contributed by atoms with Crippen LogP contribution in [0, 0.1) is 11.3 Å². The van der Waals surface area contributed by atoms with Crippen LogP contribution < -0.4 is 5.32 Å². The zero-order valence-corrected chi connectivity index (χ0v) is 12.9. The van der Waals surface area contributed by atoms with Crippen LogP contribution in [0.4, 0.5) is 5.69 Å². The van der Waals surface area contributed by atoms with Gasteiger partial charge in [0.1, 0.15) is 5.69 Å². The molecule has 2 rings (SSSR count). The number of aromatic nitrogens is 1. The first kappa shape index (κ1) is 14.8. The molecule has 4 heteroatoms. The average molecular weight is 275 g/mol. The standard InChI is InChI=1S/C16H25N3O/c1-16(2,3)12-6-9-19(10-7-12)15(20)14-11-13(17-4)5-8-18-14/h5,8,11-12H,6-7,9-10H2,1-4H3,(H,17,18). The predicted octanol–water partition coefficient (Wildman–Crippen LogP) is 3.02. The third-order valence-electron chi connectivity index (χ3n) is 4.27. The molecular weight excluding hydrogens is 250 g/mol. The van der Waals surface area contributed by atoms with E-state index in [4.69, 9.17) is 0 Å². The molecule has 1 aliphatic rings. The Bertz CT molecular complexity index is 471. The van der Waals surface area contributed by atoms with Crippen molar-refractivity contribution in [3.05, 3.63) is 24.0 Å². The fourth-order valence-electron chi connectivity index (χ4n) is 2.81. The lowest BCUT2D eigenvalue weighted by Crippen LogP contribution is -2.41. The average Bonchev–Trinajstić information content (AvgIpc) is 2.46. The number of nitrogens with zero attached hydrogens (tertiary/aromatic N) is 2. The summed E-state index contributed by atoms with van der Waals surface area (Å²) in [6.45, 7) is 8.53. The molecule has 1 N–H and O–H groups in total. The van der Waals surface area contributed by atoms with Gasteiger partial charge in [0.25, 0.3) is 5.91 Å². The molecule has 0 bridgehead atoms. The summed E-state index contributed by atoms with van der Waals surface area (Å²) in [6.07, 6.45) is 3.85. The van der Waals surface area contributed by atoms with Gasteiger partial charge in [-0.1, -0.05) is 20.8 Å². The lowest BCUT2D eigenvalue weighted by Gasteiger charge is -2.38. The molecule has 2 heterocycles. The van der Waals surface area contributed by atoms with E-state index in [0.29, 0.717) is 17.0 Å². The van der Waals surface area contributed by atoms with Gasteiger partial charge in [-0.3, -0.25) is 9.78 Å². The van der Waals surface area contributed by atoms with E-state index in [2.05, 4.69) is 31.1 Å². The van der Waals surface area contributed by atoms with Crippen molar-refractivity contribution in [1.29, 1.82) is 0 Å². The number of rotatable bonds is 2. The van der Waals surface area contributed by atoms with Gasteiger partial charge in [-0.25, -0.2) is 0 Å². The van der Waals surface area contributed by atoms with E-state index in [9.17, 15) is 4.79 Å². The van der Waals surface area contributed by atoms with Gasteiger partial charge in [-0.15, -0.1) is 0 Å². The number of hydrogen-bond donors (Lipinski definition) is 1. The van der Waals surface area contributed by atoms with Crippen molar-refractivity contribution < 1.29 is 4.79 Å². The number of likely N-dealkylation sites (tertiary alicyclic amines) is 1. The number of pyridine rings is 1. The van der Waals surface area contributed by atoms with Crippen LogP contribution in [-0.2, 0) is 0 Å². The van der Waals surface area contributed by atoms with Crippen molar-refractivity contribution in [2.24, 2.45) is 11.3 Å². The van der Waals surface area contributed by atoms with Gasteiger partial charge in [-0.2, -0.15) is 0 Å².